The van der Waals surface area contributed by atoms with Crippen molar-refractivity contribution >= 4 is 47.4 Å². The predicted molar refractivity (Wildman–Crippen MR) is 126 cm³/mol. The van der Waals surface area contributed by atoms with Crippen LogP contribution < -0.4 is 20.3 Å². The zero-order valence-corrected chi connectivity index (χ0v) is 20.1. The maximum atomic E-state index is 12.2. The van der Waals surface area contributed by atoms with Crippen molar-refractivity contribution in [2.45, 2.75) is 32.7 Å². The molecule has 162 valence electrons. The molecule has 0 fully saturated rings. The Morgan fingerprint density at radius 1 is 1.31 bits per heavy atom. The number of fused-ring (bicyclic) bond motifs is 1. The number of carbonyl (C=O) groups excluding carboxylic acids is 2. The average molecular weight is 517 g/mol. The van der Waals surface area contributed by atoms with Crippen LogP contribution >= 0.6 is 24.0 Å². The van der Waals surface area contributed by atoms with E-state index in [-0.39, 0.29) is 54.5 Å². The van der Waals surface area contributed by atoms with Crippen LogP contribution in [0.25, 0.3) is 0 Å². The number of nitrogens with zero attached hydrogens (tertiary/aromatic N) is 3. The van der Waals surface area contributed by atoms with E-state index in [1.807, 2.05) is 52.1 Å². The number of amides is 2. The number of halogens is 1. The van der Waals surface area contributed by atoms with Crippen molar-refractivity contribution in [1.82, 2.24) is 15.5 Å². The van der Waals surface area contributed by atoms with Gasteiger partial charge in [-0.3, -0.25) is 14.6 Å². The van der Waals surface area contributed by atoms with Crippen LogP contribution in [-0.4, -0.2) is 68.5 Å². The van der Waals surface area contributed by atoms with Gasteiger partial charge in [-0.15, -0.1) is 24.0 Å². The Morgan fingerprint density at radius 3 is 2.66 bits per heavy atom. The second-order valence-corrected chi connectivity index (χ2v) is 7.78. The lowest BCUT2D eigenvalue weighted by Crippen LogP contribution is -2.49. The first-order chi connectivity index (χ1) is 13.2. The summed E-state index contributed by atoms with van der Waals surface area (Å²) in [7, 11) is 3.50. The summed E-state index contributed by atoms with van der Waals surface area (Å²) in [6.45, 7) is 7.33. The fraction of sp³-hybridized carbons (Fsp3) is 0.550. The lowest BCUT2D eigenvalue weighted by atomic mass is 10.1. The zero-order chi connectivity index (χ0) is 20.7. The zero-order valence-electron chi connectivity index (χ0n) is 17.8. The van der Waals surface area contributed by atoms with Gasteiger partial charge in [0, 0.05) is 32.7 Å². The van der Waals surface area contributed by atoms with Crippen molar-refractivity contribution in [2.24, 2.45) is 4.99 Å². The van der Waals surface area contributed by atoms with Crippen LogP contribution in [0.15, 0.2) is 29.3 Å². The lowest BCUT2D eigenvalue weighted by Gasteiger charge is -2.29. The Kier molecular flexibility index (Phi) is 9.67. The number of ether oxygens (including phenoxy) is 1. The third-order valence-electron chi connectivity index (χ3n) is 4.12. The van der Waals surface area contributed by atoms with Gasteiger partial charge in [-0.2, -0.15) is 0 Å². The second-order valence-electron chi connectivity index (χ2n) is 7.78. The number of benzene rings is 1. The molecule has 0 bridgehead atoms. The number of guanidine groups is 1. The Morgan fingerprint density at radius 2 is 2.00 bits per heavy atom. The molecule has 0 aliphatic carbocycles. The Labute approximate surface area is 190 Å². The number of carbonyl (C=O) groups is 2. The summed E-state index contributed by atoms with van der Waals surface area (Å²) in [5, 5.41) is 6.18. The molecule has 1 aliphatic heterocycles. The third kappa shape index (κ3) is 7.71. The Balaban J connectivity index is 0.00000420. The highest BCUT2D eigenvalue weighted by molar-refractivity contribution is 14.0. The van der Waals surface area contributed by atoms with Crippen LogP contribution in [0.4, 0.5) is 5.69 Å². The fourth-order valence-corrected chi connectivity index (χ4v) is 2.97. The third-order valence-corrected chi connectivity index (χ3v) is 4.12. The van der Waals surface area contributed by atoms with Crippen LogP contribution in [0.2, 0.25) is 0 Å². The van der Waals surface area contributed by atoms with Crippen LogP contribution in [0.3, 0.4) is 0 Å². The highest BCUT2D eigenvalue weighted by Gasteiger charge is 2.24. The highest BCUT2D eigenvalue weighted by atomic mass is 127. The number of aliphatic imine (C=N–C) groups is 1. The van der Waals surface area contributed by atoms with E-state index in [1.54, 1.807) is 16.8 Å². The molecular weight excluding hydrogens is 485 g/mol. The summed E-state index contributed by atoms with van der Waals surface area (Å²) >= 11 is 0. The van der Waals surface area contributed by atoms with Crippen molar-refractivity contribution in [3.05, 3.63) is 24.3 Å². The molecule has 0 saturated heterocycles. The van der Waals surface area contributed by atoms with Gasteiger partial charge in [0.05, 0.1) is 12.2 Å². The van der Waals surface area contributed by atoms with Crippen LogP contribution in [0.5, 0.6) is 5.75 Å². The molecule has 2 amide bonds. The summed E-state index contributed by atoms with van der Waals surface area (Å²) in [5.41, 5.74) is 0.537. The first-order valence-corrected chi connectivity index (χ1v) is 9.46. The number of nitrogens with one attached hydrogen (secondary N) is 2. The molecule has 0 saturated carbocycles. The Hall–Kier alpha value is -2.04. The van der Waals surface area contributed by atoms with E-state index < -0.39 is 0 Å². The number of likely N-dealkylation sites (N-methyl/N-ethyl adjacent to an activating group) is 1. The molecule has 1 aromatic carbocycles. The minimum atomic E-state index is -0.268. The second kappa shape index (κ2) is 11.2. The fourth-order valence-electron chi connectivity index (χ4n) is 2.97. The predicted octanol–water partition coefficient (Wildman–Crippen LogP) is 1.84. The number of hydrogen-bond acceptors (Lipinski definition) is 4. The van der Waals surface area contributed by atoms with E-state index in [9.17, 15) is 9.59 Å². The first-order valence-electron chi connectivity index (χ1n) is 9.46. The molecule has 0 spiro atoms. The molecule has 0 radical (unpaired) electrons. The van der Waals surface area contributed by atoms with Gasteiger partial charge in [-0.1, -0.05) is 12.1 Å². The minimum absolute atomic E-state index is 0. The van der Waals surface area contributed by atoms with Crippen LogP contribution in [-0.2, 0) is 9.59 Å². The maximum Gasteiger partial charge on any atom is 0.265 e. The number of rotatable bonds is 6. The normalized spacial score (nSPS) is 13.8. The number of anilines is 1. The summed E-state index contributed by atoms with van der Waals surface area (Å²) < 4.78 is 5.46. The average Bonchev–Trinajstić information content (AvgIpc) is 2.61. The largest absolute Gasteiger partial charge is 0.482 e. The van der Waals surface area contributed by atoms with Gasteiger partial charge in [-0.05, 0) is 39.3 Å². The Bertz CT molecular complexity index is 733. The summed E-state index contributed by atoms with van der Waals surface area (Å²) in [6, 6.07) is 7.54. The van der Waals surface area contributed by atoms with Gasteiger partial charge in [0.1, 0.15) is 5.75 Å². The topological polar surface area (TPSA) is 86.3 Å². The van der Waals surface area contributed by atoms with Gasteiger partial charge < -0.3 is 25.2 Å². The van der Waals surface area contributed by atoms with E-state index in [0.29, 0.717) is 19.0 Å². The molecule has 0 aromatic heterocycles. The molecule has 29 heavy (non-hydrogen) atoms. The molecule has 1 heterocycles. The standard InChI is InChI=1S/C20H31N5O3.HI/c1-20(2,3)23-17(26)13-24(5)19(21-4)22-11-8-12-25-15-9-6-7-10-16(15)28-14-18(25)27;/h6-7,9-10H,8,11-14H2,1-5H3,(H,21,22)(H,23,26);1H. The molecule has 9 heteroatoms. The number of hydrogen-bond donors (Lipinski definition) is 2. The van der Waals surface area contributed by atoms with Gasteiger partial charge >= 0.3 is 0 Å². The first kappa shape index (κ1) is 25.0. The van der Waals surface area contributed by atoms with Crippen molar-refractivity contribution < 1.29 is 14.3 Å². The smallest absolute Gasteiger partial charge is 0.265 e. The van der Waals surface area contributed by atoms with Crippen molar-refractivity contribution in [3.63, 3.8) is 0 Å². The van der Waals surface area contributed by atoms with Gasteiger partial charge in [0.25, 0.3) is 5.91 Å². The van der Waals surface area contributed by atoms with Crippen molar-refractivity contribution in [1.29, 1.82) is 0 Å². The molecule has 2 rings (SSSR count). The van der Waals surface area contributed by atoms with Crippen LogP contribution in [0.1, 0.15) is 27.2 Å². The quantitative estimate of drug-likeness (QED) is 0.261. The monoisotopic (exact) mass is 517 g/mol. The molecule has 8 nitrogen and oxygen atoms in total. The van der Waals surface area contributed by atoms with E-state index >= 15 is 0 Å². The van der Waals surface area contributed by atoms with Crippen molar-refractivity contribution in [3.8, 4) is 5.75 Å². The SMILES string of the molecule is CN=C(NCCCN1C(=O)COc2ccccc21)N(C)CC(=O)NC(C)(C)C.I. The maximum absolute atomic E-state index is 12.2. The highest BCUT2D eigenvalue weighted by Crippen LogP contribution is 2.31. The number of para-hydroxylation sites is 2. The summed E-state index contributed by atoms with van der Waals surface area (Å²) in [4.78, 5) is 32.0. The summed E-state index contributed by atoms with van der Waals surface area (Å²) in [5.74, 6) is 1.26. The van der Waals surface area contributed by atoms with E-state index in [0.717, 1.165) is 17.9 Å². The molecule has 0 atom stereocenters. The van der Waals surface area contributed by atoms with Crippen LogP contribution in [0, 0.1) is 0 Å². The molecule has 1 aliphatic rings. The van der Waals surface area contributed by atoms with Gasteiger partial charge in [0.2, 0.25) is 5.91 Å². The van der Waals surface area contributed by atoms with Crippen molar-refractivity contribution in [2.75, 3.05) is 45.2 Å². The molecule has 0 unspecified atom stereocenters. The summed E-state index contributed by atoms with van der Waals surface area (Å²) in [6.07, 6.45) is 0.737. The van der Waals surface area contributed by atoms with E-state index in [2.05, 4.69) is 15.6 Å². The molecular formula is C20H32IN5O3. The van der Waals surface area contributed by atoms with E-state index in [1.165, 1.54) is 0 Å². The molecule has 1 aromatic rings. The van der Waals surface area contributed by atoms with E-state index in [4.69, 9.17) is 4.74 Å². The van der Waals surface area contributed by atoms with Gasteiger partial charge in [0.15, 0.2) is 12.6 Å². The van der Waals surface area contributed by atoms with Gasteiger partial charge in [-0.25, -0.2) is 0 Å². The molecule has 2 N–H and O–H groups in total. The minimum Gasteiger partial charge on any atom is -0.482 e. The lowest BCUT2D eigenvalue weighted by molar-refractivity contribution is -0.123.